The van der Waals surface area contributed by atoms with Crippen molar-refractivity contribution >= 4 is 17.5 Å². The van der Waals surface area contributed by atoms with Crippen LogP contribution in [-0.2, 0) is 0 Å². The minimum atomic E-state index is -0.130. The molecular weight excluding hydrogens is 394 g/mol. The number of hydrogen-bond acceptors (Lipinski definition) is 2. The molecule has 1 N–H and O–H groups in total. The number of carbonyl (C=O) groups is 1. The van der Waals surface area contributed by atoms with E-state index in [-0.39, 0.29) is 11.9 Å². The summed E-state index contributed by atoms with van der Waals surface area (Å²) in [4.78, 5) is 15.3. The van der Waals surface area contributed by atoms with E-state index in [2.05, 4.69) is 55.2 Å². The Kier molecular flexibility index (Phi) is 5.96. The van der Waals surface area contributed by atoms with Gasteiger partial charge in [-0.3, -0.25) is 9.89 Å². The fraction of sp³-hybridized carbons (Fsp3) is 0.360. The molecule has 0 aliphatic carbocycles. The van der Waals surface area contributed by atoms with Crippen molar-refractivity contribution in [1.82, 2.24) is 15.1 Å². The van der Waals surface area contributed by atoms with E-state index in [0.29, 0.717) is 16.6 Å². The Bertz CT molecular complexity index is 1020. The van der Waals surface area contributed by atoms with Gasteiger partial charge < -0.3 is 4.90 Å². The van der Waals surface area contributed by atoms with Crippen LogP contribution in [-0.4, -0.2) is 27.5 Å². The maximum Gasteiger partial charge on any atom is 0.273 e. The number of fused-ring (bicyclic) bond motifs is 1. The lowest BCUT2D eigenvalue weighted by molar-refractivity contribution is 0.0740. The zero-order valence-corrected chi connectivity index (χ0v) is 18.5. The molecule has 1 unspecified atom stereocenters. The molecule has 4 rings (SSSR count). The van der Waals surface area contributed by atoms with E-state index in [1.54, 1.807) is 0 Å². The predicted molar refractivity (Wildman–Crippen MR) is 122 cm³/mol. The van der Waals surface area contributed by atoms with Crippen LogP contribution in [0.4, 0.5) is 0 Å². The van der Waals surface area contributed by atoms with Crippen molar-refractivity contribution in [2.75, 3.05) is 6.54 Å². The highest BCUT2D eigenvalue weighted by atomic mass is 35.5. The van der Waals surface area contributed by atoms with Gasteiger partial charge in [0, 0.05) is 22.7 Å². The highest BCUT2D eigenvalue weighted by Gasteiger charge is 2.41. The van der Waals surface area contributed by atoms with Crippen LogP contribution in [0, 0.1) is 0 Å². The van der Waals surface area contributed by atoms with E-state index >= 15 is 0 Å². The summed E-state index contributed by atoms with van der Waals surface area (Å²) in [5, 5.41) is 8.23. The van der Waals surface area contributed by atoms with Crippen molar-refractivity contribution in [2.24, 2.45) is 0 Å². The Morgan fingerprint density at radius 1 is 1.07 bits per heavy atom. The van der Waals surface area contributed by atoms with Crippen LogP contribution < -0.4 is 0 Å². The Hall–Kier alpha value is -2.59. The van der Waals surface area contributed by atoms with Gasteiger partial charge in [-0.25, -0.2) is 0 Å². The molecule has 2 aromatic carbocycles. The minimum Gasteiger partial charge on any atom is -0.326 e. The normalized spacial score (nSPS) is 15.8. The summed E-state index contributed by atoms with van der Waals surface area (Å²) in [6.45, 7) is 7.31. The first-order chi connectivity index (χ1) is 14.5. The number of hydrogen-bond donors (Lipinski definition) is 1. The lowest BCUT2D eigenvalue weighted by Crippen LogP contribution is -2.30. The number of rotatable bonds is 7. The molecule has 30 heavy (non-hydrogen) atoms. The summed E-state index contributed by atoms with van der Waals surface area (Å²) in [5.41, 5.74) is 5.78. The van der Waals surface area contributed by atoms with Crippen LogP contribution in [0.1, 0.15) is 79.2 Å². The molecular formula is C25H28ClN3O. The minimum absolute atomic E-state index is 0.0340. The molecule has 1 amide bonds. The van der Waals surface area contributed by atoms with Crippen molar-refractivity contribution < 1.29 is 4.79 Å². The van der Waals surface area contributed by atoms with Crippen molar-refractivity contribution in [3.05, 3.63) is 75.9 Å². The highest BCUT2D eigenvalue weighted by molar-refractivity contribution is 6.30. The van der Waals surface area contributed by atoms with Crippen molar-refractivity contribution in [1.29, 1.82) is 0 Å². The molecule has 3 aromatic rings. The largest absolute Gasteiger partial charge is 0.326 e. The van der Waals surface area contributed by atoms with Gasteiger partial charge in [-0.15, -0.1) is 0 Å². The molecule has 156 valence electrons. The zero-order chi connectivity index (χ0) is 21.3. The highest BCUT2D eigenvalue weighted by Crippen LogP contribution is 2.43. The van der Waals surface area contributed by atoms with E-state index in [4.69, 9.17) is 11.6 Å². The first kappa shape index (κ1) is 20.7. The molecule has 0 radical (unpaired) electrons. The second-order valence-corrected chi connectivity index (χ2v) is 8.73. The van der Waals surface area contributed by atoms with Gasteiger partial charge in [-0.05, 0) is 35.6 Å². The van der Waals surface area contributed by atoms with Gasteiger partial charge in [0.15, 0.2) is 0 Å². The molecule has 0 saturated heterocycles. The van der Waals surface area contributed by atoms with Gasteiger partial charge >= 0.3 is 0 Å². The molecule has 1 aliphatic rings. The summed E-state index contributed by atoms with van der Waals surface area (Å²) in [5.74, 6) is 0.505. The number of nitrogens with one attached hydrogen (secondary N) is 1. The van der Waals surface area contributed by atoms with Crippen LogP contribution in [0.5, 0.6) is 0 Å². The van der Waals surface area contributed by atoms with Gasteiger partial charge in [0.25, 0.3) is 5.91 Å². The van der Waals surface area contributed by atoms with Gasteiger partial charge in [0.05, 0.1) is 11.7 Å². The molecule has 0 saturated carbocycles. The number of carbonyl (C=O) groups excluding carboxylic acids is 1. The SMILES string of the molecule is CCCCCN1C(=O)c2[nH]nc(-c3ccc(Cl)cc3)c2C1c1ccc(C(C)C)cc1. The van der Waals surface area contributed by atoms with Crippen LogP contribution in [0.3, 0.4) is 0 Å². The average Bonchev–Trinajstić information content (AvgIpc) is 3.28. The topological polar surface area (TPSA) is 49.0 Å². The van der Waals surface area contributed by atoms with E-state index in [1.165, 1.54) is 5.56 Å². The number of benzene rings is 2. The molecule has 1 aromatic heterocycles. The van der Waals surface area contributed by atoms with Crippen LogP contribution in [0.25, 0.3) is 11.3 Å². The van der Waals surface area contributed by atoms with Gasteiger partial charge in [0.1, 0.15) is 5.69 Å². The third-order valence-electron chi connectivity index (χ3n) is 5.90. The fourth-order valence-electron chi connectivity index (χ4n) is 4.20. The Morgan fingerprint density at radius 2 is 1.77 bits per heavy atom. The smallest absolute Gasteiger partial charge is 0.273 e. The molecule has 4 nitrogen and oxygen atoms in total. The monoisotopic (exact) mass is 421 g/mol. The third-order valence-corrected chi connectivity index (χ3v) is 6.15. The third kappa shape index (κ3) is 3.77. The second-order valence-electron chi connectivity index (χ2n) is 8.30. The van der Waals surface area contributed by atoms with Crippen molar-refractivity contribution in [3.63, 3.8) is 0 Å². The number of unbranched alkanes of at least 4 members (excludes halogenated alkanes) is 2. The average molecular weight is 422 g/mol. The van der Waals surface area contributed by atoms with Gasteiger partial charge in [-0.1, -0.05) is 81.6 Å². The molecule has 0 bridgehead atoms. The van der Waals surface area contributed by atoms with E-state index < -0.39 is 0 Å². The first-order valence-corrected chi connectivity index (χ1v) is 11.1. The van der Waals surface area contributed by atoms with Crippen LogP contribution >= 0.6 is 11.6 Å². The van der Waals surface area contributed by atoms with E-state index in [1.807, 2.05) is 29.2 Å². The van der Waals surface area contributed by atoms with E-state index in [9.17, 15) is 4.79 Å². The predicted octanol–water partition coefficient (Wildman–Crippen LogP) is 6.59. The summed E-state index contributed by atoms with van der Waals surface area (Å²) in [6, 6.07) is 16.2. The Labute approximate surface area is 183 Å². The number of aromatic nitrogens is 2. The summed E-state index contributed by atoms with van der Waals surface area (Å²) in [7, 11) is 0. The number of halogens is 1. The molecule has 0 spiro atoms. The Morgan fingerprint density at radius 3 is 2.40 bits per heavy atom. The van der Waals surface area contributed by atoms with Crippen LogP contribution in [0.15, 0.2) is 48.5 Å². The van der Waals surface area contributed by atoms with Gasteiger partial charge in [0.2, 0.25) is 0 Å². The fourth-order valence-corrected chi connectivity index (χ4v) is 4.32. The first-order valence-electron chi connectivity index (χ1n) is 10.8. The molecule has 5 heteroatoms. The molecule has 1 atom stereocenters. The van der Waals surface area contributed by atoms with E-state index in [0.717, 1.165) is 48.2 Å². The van der Waals surface area contributed by atoms with Crippen molar-refractivity contribution in [3.8, 4) is 11.3 Å². The number of amides is 1. The summed E-state index contributed by atoms with van der Waals surface area (Å²) in [6.07, 6.45) is 3.23. The summed E-state index contributed by atoms with van der Waals surface area (Å²) >= 11 is 6.08. The lowest BCUT2D eigenvalue weighted by Gasteiger charge is -2.26. The second kappa shape index (κ2) is 8.65. The number of nitrogens with zero attached hydrogens (tertiary/aromatic N) is 2. The number of H-pyrrole nitrogens is 1. The number of aromatic amines is 1. The standard InChI is InChI=1S/C25H28ClN3O/c1-4-5-6-15-29-24(19-9-7-17(8-10-19)16(2)3)21-22(27-28-23(21)25(29)30)18-11-13-20(26)14-12-18/h7-14,16,24H,4-6,15H2,1-3H3,(H,27,28). The van der Waals surface area contributed by atoms with Crippen molar-refractivity contribution in [2.45, 2.75) is 52.0 Å². The quantitative estimate of drug-likeness (QED) is 0.437. The maximum absolute atomic E-state index is 13.3. The van der Waals surface area contributed by atoms with Crippen LogP contribution in [0.2, 0.25) is 5.02 Å². The maximum atomic E-state index is 13.3. The Balaban J connectivity index is 1.79. The molecule has 2 heterocycles. The molecule has 1 aliphatic heterocycles. The summed E-state index contributed by atoms with van der Waals surface area (Å²) < 4.78 is 0. The van der Waals surface area contributed by atoms with Gasteiger partial charge in [-0.2, -0.15) is 5.10 Å². The molecule has 0 fully saturated rings. The zero-order valence-electron chi connectivity index (χ0n) is 17.8. The lowest BCUT2D eigenvalue weighted by atomic mass is 9.93.